The summed E-state index contributed by atoms with van der Waals surface area (Å²) in [6, 6.07) is 4.10. The summed E-state index contributed by atoms with van der Waals surface area (Å²) in [5.41, 5.74) is 1.31. The molecule has 1 heterocycles. The smallest absolute Gasteiger partial charge is 0.0271 e. The monoisotopic (exact) mass is 178 g/mol. The van der Waals surface area contributed by atoms with Crippen molar-refractivity contribution in [1.29, 1.82) is 0 Å². The fraction of sp³-hybridized carbons (Fsp3) is 0.545. The summed E-state index contributed by atoms with van der Waals surface area (Å²) in [6.45, 7) is 4.31. The van der Waals surface area contributed by atoms with Gasteiger partial charge in [0.05, 0.1) is 0 Å². The van der Waals surface area contributed by atoms with Crippen LogP contribution in [0.25, 0.3) is 0 Å². The molecule has 0 spiro atoms. The molecule has 1 aromatic rings. The number of pyridine rings is 1. The van der Waals surface area contributed by atoms with E-state index in [2.05, 4.69) is 17.2 Å². The molecule has 0 aliphatic carbocycles. The van der Waals surface area contributed by atoms with Gasteiger partial charge in [0.1, 0.15) is 0 Å². The van der Waals surface area contributed by atoms with Crippen LogP contribution in [-0.2, 0) is 6.54 Å². The van der Waals surface area contributed by atoms with E-state index >= 15 is 0 Å². The quantitative estimate of drug-likeness (QED) is 0.676. The third kappa shape index (κ3) is 4.63. The third-order valence-electron chi connectivity index (χ3n) is 2.04. The van der Waals surface area contributed by atoms with Gasteiger partial charge in [-0.15, -0.1) is 0 Å². The number of aromatic nitrogens is 1. The molecular weight excluding hydrogens is 160 g/mol. The first-order valence-electron chi connectivity index (χ1n) is 5.03. The lowest BCUT2D eigenvalue weighted by Gasteiger charge is -2.03. The van der Waals surface area contributed by atoms with Crippen molar-refractivity contribution < 1.29 is 0 Å². The molecule has 0 saturated carbocycles. The molecule has 0 fully saturated rings. The molecule has 0 unspecified atom stereocenters. The van der Waals surface area contributed by atoms with Crippen LogP contribution in [0.3, 0.4) is 0 Å². The lowest BCUT2D eigenvalue weighted by Crippen LogP contribution is -2.14. The van der Waals surface area contributed by atoms with Gasteiger partial charge >= 0.3 is 0 Å². The summed E-state index contributed by atoms with van der Waals surface area (Å²) >= 11 is 0. The highest BCUT2D eigenvalue weighted by molar-refractivity contribution is 5.08. The zero-order valence-electron chi connectivity index (χ0n) is 8.29. The van der Waals surface area contributed by atoms with Crippen LogP contribution in [0.2, 0.25) is 0 Å². The molecule has 2 nitrogen and oxygen atoms in total. The molecule has 0 amide bonds. The van der Waals surface area contributed by atoms with Gasteiger partial charge in [0, 0.05) is 18.9 Å². The fourth-order valence-corrected chi connectivity index (χ4v) is 1.23. The summed E-state index contributed by atoms with van der Waals surface area (Å²) in [5, 5.41) is 3.41. The lowest BCUT2D eigenvalue weighted by molar-refractivity contribution is 0.616. The second kappa shape index (κ2) is 6.61. The van der Waals surface area contributed by atoms with Crippen molar-refractivity contribution in [2.45, 2.75) is 32.7 Å². The second-order valence-corrected chi connectivity index (χ2v) is 3.24. The van der Waals surface area contributed by atoms with Crippen molar-refractivity contribution in [3.8, 4) is 0 Å². The van der Waals surface area contributed by atoms with Gasteiger partial charge in [0.15, 0.2) is 0 Å². The molecule has 0 saturated heterocycles. The normalized spacial score (nSPS) is 10.2. The topological polar surface area (TPSA) is 24.9 Å². The Morgan fingerprint density at radius 1 is 1.23 bits per heavy atom. The molecule has 1 rings (SSSR count). The standard InChI is InChI=1S/C11H18N2/c1-2-3-4-7-13-10-11-5-8-12-9-6-11/h5-6,8-9,13H,2-4,7,10H2,1H3. The Balaban J connectivity index is 2.07. The summed E-state index contributed by atoms with van der Waals surface area (Å²) in [6.07, 6.45) is 7.56. The van der Waals surface area contributed by atoms with Gasteiger partial charge in [-0.1, -0.05) is 19.8 Å². The highest BCUT2D eigenvalue weighted by Gasteiger charge is 1.90. The Morgan fingerprint density at radius 3 is 2.69 bits per heavy atom. The summed E-state index contributed by atoms with van der Waals surface area (Å²) in [7, 11) is 0. The Kier molecular flexibility index (Phi) is 5.18. The first-order chi connectivity index (χ1) is 6.43. The predicted octanol–water partition coefficient (Wildman–Crippen LogP) is 2.36. The SMILES string of the molecule is CCCCCNCc1ccncc1. The van der Waals surface area contributed by atoms with Crippen LogP contribution < -0.4 is 5.32 Å². The lowest BCUT2D eigenvalue weighted by atomic mass is 10.2. The van der Waals surface area contributed by atoms with Crippen molar-refractivity contribution in [2.75, 3.05) is 6.54 Å². The van der Waals surface area contributed by atoms with E-state index in [4.69, 9.17) is 0 Å². The molecule has 0 aliphatic rings. The highest BCUT2D eigenvalue weighted by Crippen LogP contribution is 1.96. The van der Waals surface area contributed by atoms with Crippen LogP contribution in [-0.4, -0.2) is 11.5 Å². The van der Waals surface area contributed by atoms with Crippen molar-refractivity contribution in [1.82, 2.24) is 10.3 Å². The van der Waals surface area contributed by atoms with Crippen molar-refractivity contribution in [3.63, 3.8) is 0 Å². The molecule has 1 aromatic heterocycles. The van der Waals surface area contributed by atoms with E-state index in [1.165, 1.54) is 24.8 Å². The minimum absolute atomic E-state index is 0.965. The van der Waals surface area contributed by atoms with Gasteiger partial charge in [-0.2, -0.15) is 0 Å². The van der Waals surface area contributed by atoms with Crippen LogP contribution in [0.5, 0.6) is 0 Å². The largest absolute Gasteiger partial charge is 0.313 e. The van der Waals surface area contributed by atoms with Gasteiger partial charge in [-0.25, -0.2) is 0 Å². The van der Waals surface area contributed by atoms with Crippen molar-refractivity contribution in [2.24, 2.45) is 0 Å². The Labute approximate surface area is 80.4 Å². The molecule has 0 radical (unpaired) electrons. The first-order valence-corrected chi connectivity index (χ1v) is 5.03. The zero-order valence-corrected chi connectivity index (χ0v) is 8.29. The van der Waals surface area contributed by atoms with Gasteiger partial charge in [0.25, 0.3) is 0 Å². The number of hydrogen-bond donors (Lipinski definition) is 1. The van der Waals surface area contributed by atoms with Crippen LogP contribution in [0.1, 0.15) is 31.7 Å². The van der Waals surface area contributed by atoms with E-state index in [1.54, 1.807) is 0 Å². The van der Waals surface area contributed by atoms with Crippen LogP contribution in [0.4, 0.5) is 0 Å². The number of nitrogens with zero attached hydrogens (tertiary/aromatic N) is 1. The van der Waals surface area contributed by atoms with E-state index in [0.717, 1.165) is 13.1 Å². The van der Waals surface area contributed by atoms with Gasteiger partial charge < -0.3 is 5.32 Å². The maximum Gasteiger partial charge on any atom is 0.0271 e. The zero-order chi connectivity index (χ0) is 9.36. The van der Waals surface area contributed by atoms with Gasteiger partial charge in [-0.3, -0.25) is 4.98 Å². The van der Waals surface area contributed by atoms with Crippen LogP contribution >= 0.6 is 0 Å². The molecule has 13 heavy (non-hydrogen) atoms. The average Bonchev–Trinajstić information content (AvgIpc) is 2.19. The Bertz CT molecular complexity index is 209. The predicted molar refractivity (Wildman–Crippen MR) is 55.5 cm³/mol. The van der Waals surface area contributed by atoms with Crippen molar-refractivity contribution >= 4 is 0 Å². The van der Waals surface area contributed by atoms with E-state index in [9.17, 15) is 0 Å². The Hall–Kier alpha value is -0.890. The number of hydrogen-bond acceptors (Lipinski definition) is 2. The molecule has 0 bridgehead atoms. The van der Waals surface area contributed by atoms with Gasteiger partial charge in [-0.05, 0) is 30.7 Å². The third-order valence-corrected chi connectivity index (χ3v) is 2.04. The molecule has 0 aliphatic heterocycles. The molecule has 0 atom stereocenters. The maximum atomic E-state index is 3.98. The number of nitrogens with one attached hydrogen (secondary N) is 1. The minimum Gasteiger partial charge on any atom is -0.313 e. The number of rotatable bonds is 6. The summed E-state index contributed by atoms with van der Waals surface area (Å²) in [4.78, 5) is 3.98. The molecule has 1 N–H and O–H groups in total. The van der Waals surface area contributed by atoms with Gasteiger partial charge in [0.2, 0.25) is 0 Å². The van der Waals surface area contributed by atoms with E-state index < -0.39 is 0 Å². The molecule has 2 heteroatoms. The Morgan fingerprint density at radius 2 is 2.00 bits per heavy atom. The van der Waals surface area contributed by atoms with Crippen LogP contribution in [0, 0.1) is 0 Å². The summed E-state index contributed by atoms with van der Waals surface area (Å²) in [5.74, 6) is 0. The summed E-state index contributed by atoms with van der Waals surface area (Å²) < 4.78 is 0. The van der Waals surface area contributed by atoms with Crippen LogP contribution in [0.15, 0.2) is 24.5 Å². The number of unbranched alkanes of at least 4 members (excludes halogenated alkanes) is 2. The van der Waals surface area contributed by atoms with E-state index in [-0.39, 0.29) is 0 Å². The van der Waals surface area contributed by atoms with Crippen molar-refractivity contribution in [3.05, 3.63) is 30.1 Å². The maximum absolute atomic E-state index is 3.98. The average molecular weight is 178 g/mol. The van der Waals surface area contributed by atoms with E-state index in [1.807, 2.05) is 24.5 Å². The second-order valence-electron chi connectivity index (χ2n) is 3.24. The molecule has 72 valence electrons. The highest BCUT2D eigenvalue weighted by atomic mass is 14.8. The van der Waals surface area contributed by atoms with E-state index in [0.29, 0.717) is 0 Å². The molecule has 0 aromatic carbocycles. The first kappa shape index (κ1) is 10.2. The molecular formula is C11H18N2. The minimum atomic E-state index is 0.965. The fourth-order valence-electron chi connectivity index (χ4n) is 1.23.